The lowest BCUT2D eigenvalue weighted by molar-refractivity contribution is 0.461. The molecule has 0 fully saturated rings. The minimum absolute atomic E-state index is 0.432. The lowest BCUT2D eigenvalue weighted by Crippen LogP contribution is -1.96. The number of rotatable bonds is 2. The molecule has 2 aromatic rings. The molecule has 0 atom stereocenters. The van der Waals surface area contributed by atoms with Gasteiger partial charge in [0.1, 0.15) is 5.75 Å². The predicted octanol–water partition coefficient (Wildman–Crippen LogP) is 3.84. The molecule has 0 aliphatic carbocycles. The summed E-state index contributed by atoms with van der Waals surface area (Å²) in [5.74, 6) is 1.22. The van der Waals surface area contributed by atoms with E-state index in [0.717, 1.165) is 15.8 Å². The Morgan fingerprint density at radius 1 is 1.29 bits per heavy atom. The Bertz CT molecular complexity index is 555. The number of nitrogens with two attached hydrogens (primary N) is 1. The minimum Gasteiger partial charge on any atom is -0.437 e. The van der Waals surface area contributed by atoms with Gasteiger partial charge >= 0.3 is 0 Å². The fraction of sp³-hybridized carbons (Fsp3) is 0.154. The van der Waals surface area contributed by atoms with Crippen molar-refractivity contribution < 1.29 is 4.74 Å². The number of aryl methyl sites for hydroxylation is 1. The zero-order valence-corrected chi connectivity index (χ0v) is 11.3. The number of halogens is 1. The molecule has 0 saturated carbocycles. The normalized spacial score (nSPS) is 10.3. The molecule has 2 N–H and O–H groups in total. The Kier molecular flexibility index (Phi) is 3.33. The number of pyridine rings is 1. The third-order valence-electron chi connectivity index (χ3n) is 2.61. The van der Waals surface area contributed by atoms with Crippen molar-refractivity contribution in [1.82, 2.24) is 4.98 Å². The van der Waals surface area contributed by atoms with E-state index in [1.54, 1.807) is 12.3 Å². The maximum absolute atomic E-state index is 5.84. The summed E-state index contributed by atoms with van der Waals surface area (Å²) in [5, 5.41) is 0. The summed E-state index contributed by atoms with van der Waals surface area (Å²) in [5.41, 5.74) is 8.63. The second kappa shape index (κ2) is 4.75. The van der Waals surface area contributed by atoms with Crippen LogP contribution < -0.4 is 10.5 Å². The standard InChI is InChI=1S/C13H13BrN2O/c1-8-4-3-5-12(9(8)2)17-13-11(15)6-10(14)7-16-13/h3-7H,15H2,1-2H3. The van der Waals surface area contributed by atoms with Gasteiger partial charge in [0.25, 0.3) is 0 Å². The van der Waals surface area contributed by atoms with E-state index in [1.165, 1.54) is 5.56 Å². The van der Waals surface area contributed by atoms with Crippen LogP contribution in [0.2, 0.25) is 0 Å². The average Bonchev–Trinajstić information content (AvgIpc) is 2.28. The molecule has 4 heteroatoms. The van der Waals surface area contributed by atoms with Crippen LogP contribution in [0, 0.1) is 13.8 Å². The van der Waals surface area contributed by atoms with E-state index >= 15 is 0 Å². The monoisotopic (exact) mass is 292 g/mol. The highest BCUT2D eigenvalue weighted by Crippen LogP contribution is 2.30. The second-order valence-corrected chi connectivity index (χ2v) is 4.76. The molecule has 0 amide bonds. The largest absolute Gasteiger partial charge is 0.437 e. The first-order chi connectivity index (χ1) is 8.08. The van der Waals surface area contributed by atoms with Gasteiger partial charge in [0.2, 0.25) is 5.88 Å². The summed E-state index contributed by atoms with van der Waals surface area (Å²) in [6.07, 6.45) is 1.66. The average molecular weight is 293 g/mol. The van der Waals surface area contributed by atoms with Gasteiger partial charge in [0.15, 0.2) is 0 Å². The first-order valence-electron chi connectivity index (χ1n) is 5.23. The summed E-state index contributed by atoms with van der Waals surface area (Å²) >= 11 is 3.31. The third-order valence-corrected chi connectivity index (χ3v) is 3.04. The quantitative estimate of drug-likeness (QED) is 0.915. The van der Waals surface area contributed by atoms with E-state index in [9.17, 15) is 0 Å². The number of nitrogen functional groups attached to an aromatic ring is 1. The maximum Gasteiger partial charge on any atom is 0.242 e. The molecule has 2 rings (SSSR count). The Hall–Kier alpha value is -1.55. The molecule has 0 bridgehead atoms. The molecule has 0 spiro atoms. The Morgan fingerprint density at radius 3 is 2.76 bits per heavy atom. The van der Waals surface area contributed by atoms with Crippen LogP contribution in [0.25, 0.3) is 0 Å². The predicted molar refractivity (Wildman–Crippen MR) is 72.3 cm³/mol. The van der Waals surface area contributed by atoms with Crippen LogP contribution in [-0.4, -0.2) is 4.98 Å². The van der Waals surface area contributed by atoms with Crippen LogP contribution in [0.15, 0.2) is 34.9 Å². The molecule has 17 heavy (non-hydrogen) atoms. The van der Waals surface area contributed by atoms with Crippen LogP contribution in [0.1, 0.15) is 11.1 Å². The number of aromatic nitrogens is 1. The lowest BCUT2D eigenvalue weighted by Gasteiger charge is -2.11. The molecule has 1 heterocycles. The van der Waals surface area contributed by atoms with E-state index in [4.69, 9.17) is 10.5 Å². The molecule has 1 aromatic carbocycles. The number of hydrogen-bond acceptors (Lipinski definition) is 3. The van der Waals surface area contributed by atoms with Gasteiger partial charge in [-0.2, -0.15) is 0 Å². The molecule has 0 saturated heterocycles. The highest BCUT2D eigenvalue weighted by molar-refractivity contribution is 9.10. The van der Waals surface area contributed by atoms with Gasteiger partial charge in [0, 0.05) is 10.7 Å². The van der Waals surface area contributed by atoms with Crippen LogP contribution in [0.5, 0.6) is 11.6 Å². The highest BCUT2D eigenvalue weighted by Gasteiger charge is 2.07. The molecule has 0 aliphatic rings. The van der Waals surface area contributed by atoms with Crippen molar-refractivity contribution in [3.05, 3.63) is 46.1 Å². The zero-order valence-electron chi connectivity index (χ0n) is 9.70. The minimum atomic E-state index is 0.432. The molecule has 0 radical (unpaired) electrons. The second-order valence-electron chi connectivity index (χ2n) is 3.85. The number of hydrogen-bond donors (Lipinski definition) is 1. The van der Waals surface area contributed by atoms with Gasteiger partial charge in [-0.3, -0.25) is 0 Å². The molecular weight excluding hydrogens is 280 g/mol. The van der Waals surface area contributed by atoms with Gasteiger partial charge in [0.05, 0.1) is 5.69 Å². The number of nitrogens with zero attached hydrogens (tertiary/aromatic N) is 1. The SMILES string of the molecule is Cc1cccc(Oc2ncc(Br)cc2N)c1C. The summed E-state index contributed by atoms with van der Waals surface area (Å²) in [4.78, 5) is 4.15. The molecule has 3 nitrogen and oxygen atoms in total. The van der Waals surface area contributed by atoms with Crippen molar-refractivity contribution >= 4 is 21.6 Å². The Morgan fingerprint density at radius 2 is 2.06 bits per heavy atom. The molecular formula is C13H13BrN2O. The summed E-state index contributed by atoms with van der Waals surface area (Å²) in [6, 6.07) is 7.67. The van der Waals surface area contributed by atoms with Crippen molar-refractivity contribution in [2.45, 2.75) is 13.8 Å². The first kappa shape index (κ1) is 11.9. The van der Waals surface area contributed by atoms with E-state index in [0.29, 0.717) is 11.6 Å². The molecule has 1 aromatic heterocycles. The highest BCUT2D eigenvalue weighted by atomic mass is 79.9. The van der Waals surface area contributed by atoms with Gasteiger partial charge in [-0.25, -0.2) is 4.98 Å². The zero-order chi connectivity index (χ0) is 12.4. The van der Waals surface area contributed by atoms with Crippen LogP contribution >= 0.6 is 15.9 Å². The van der Waals surface area contributed by atoms with E-state index in [2.05, 4.69) is 20.9 Å². The number of benzene rings is 1. The first-order valence-corrected chi connectivity index (χ1v) is 6.02. The Balaban J connectivity index is 2.35. The fourth-order valence-electron chi connectivity index (χ4n) is 1.47. The van der Waals surface area contributed by atoms with Crippen LogP contribution in [0.3, 0.4) is 0 Å². The van der Waals surface area contributed by atoms with Crippen molar-refractivity contribution in [2.75, 3.05) is 5.73 Å². The summed E-state index contributed by atoms with van der Waals surface area (Å²) in [6.45, 7) is 4.06. The fourth-order valence-corrected chi connectivity index (χ4v) is 1.82. The van der Waals surface area contributed by atoms with Crippen molar-refractivity contribution in [2.24, 2.45) is 0 Å². The number of ether oxygens (including phenoxy) is 1. The van der Waals surface area contributed by atoms with Crippen molar-refractivity contribution in [3.8, 4) is 11.6 Å². The van der Waals surface area contributed by atoms with Crippen LogP contribution in [-0.2, 0) is 0 Å². The smallest absolute Gasteiger partial charge is 0.242 e. The van der Waals surface area contributed by atoms with Crippen LogP contribution in [0.4, 0.5) is 5.69 Å². The van der Waals surface area contributed by atoms with Crippen molar-refractivity contribution in [1.29, 1.82) is 0 Å². The number of anilines is 1. The van der Waals surface area contributed by atoms with E-state index < -0.39 is 0 Å². The van der Waals surface area contributed by atoms with Gasteiger partial charge < -0.3 is 10.5 Å². The lowest BCUT2D eigenvalue weighted by atomic mass is 10.1. The van der Waals surface area contributed by atoms with E-state index in [-0.39, 0.29) is 0 Å². The molecule has 88 valence electrons. The van der Waals surface area contributed by atoms with E-state index in [1.807, 2.05) is 32.0 Å². The van der Waals surface area contributed by atoms with Gasteiger partial charge in [-0.15, -0.1) is 0 Å². The summed E-state index contributed by atoms with van der Waals surface area (Å²) < 4.78 is 6.56. The maximum atomic E-state index is 5.84. The van der Waals surface area contributed by atoms with Gasteiger partial charge in [-0.1, -0.05) is 12.1 Å². The third kappa shape index (κ3) is 2.58. The Labute approximate surface area is 109 Å². The van der Waals surface area contributed by atoms with Gasteiger partial charge in [-0.05, 0) is 53.0 Å². The summed E-state index contributed by atoms with van der Waals surface area (Å²) in [7, 11) is 0. The molecule has 0 unspecified atom stereocenters. The molecule has 0 aliphatic heterocycles. The topological polar surface area (TPSA) is 48.1 Å². The van der Waals surface area contributed by atoms with Crippen molar-refractivity contribution in [3.63, 3.8) is 0 Å².